The van der Waals surface area contributed by atoms with E-state index in [1.165, 1.54) is 11.1 Å². The Morgan fingerprint density at radius 3 is 2.67 bits per heavy atom. The first-order valence-corrected chi connectivity index (χ1v) is 13.9. The van der Waals surface area contributed by atoms with E-state index >= 15 is 0 Å². The zero-order valence-electron chi connectivity index (χ0n) is 22.5. The Morgan fingerprint density at radius 2 is 1.95 bits per heavy atom. The molecule has 4 heterocycles. The number of aliphatic imine (C=N–C) groups is 1. The largest absolute Gasteiger partial charge is 0.390 e. The minimum atomic E-state index is -0.654. The molecule has 198 valence electrons. The predicted molar refractivity (Wildman–Crippen MR) is 156 cm³/mol. The summed E-state index contributed by atoms with van der Waals surface area (Å²) in [6.45, 7) is 4.98. The zero-order chi connectivity index (χ0) is 26.8. The Hall–Kier alpha value is -3.68. The van der Waals surface area contributed by atoms with Gasteiger partial charge in [-0.1, -0.05) is 48.9 Å². The van der Waals surface area contributed by atoms with Crippen molar-refractivity contribution in [1.29, 1.82) is 0 Å². The van der Waals surface area contributed by atoms with E-state index in [9.17, 15) is 5.11 Å². The maximum absolute atomic E-state index is 10.4. The molecule has 0 saturated heterocycles. The van der Waals surface area contributed by atoms with Gasteiger partial charge in [0, 0.05) is 47.4 Å². The fraction of sp³-hybridized carbons (Fsp3) is 0.375. The van der Waals surface area contributed by atoms with E-state index in [1.807, 2.05) is 42.1 Å². The second-order valence-electron chi connectivity index (χ2n) is 12.0. The number of nitrogens with two attached hydrogens (primary N) is 1. The molecule has 0 bridgehead atoms. The SMILES string of the molecule is CC1CC(C2(N)CC(C)(O)C2)=CCC1c1nc2c(cnc3cc(C4=CC=NCC4)nn32)cc1-c1ccccc1. The third kappa shape index (κ3) is 4.21. The fourth-order valence-electron chi connectivity index (χ4n) is 6.94. The molecule has 1 aromatic carbocycles. The topological polar surface area (TPSA) is 102 Å². The molecular formula is C32H34N6O. The first-order valence-electron chi connectivity index (χ1n) is 13.9. The van der Waals surface area contributed by atoms with E-state index in [-0.39, 0.29) is 11.5 Å². The lowest BCUT2D eigenvalue weighted by Gasteiger charge is -2.52. The second-order valence-corrected chi connectivity index (χ2v) is 12.0. The summed E-state index contributed by atoms with van der Waals surface area (Å²) in [4.78, 5) is 14.4. The molecule has 1 saturated carbocycles. The van der Waals surface area contributed by atoms with Crippen molar-refractivity contribution in [3.63, 3.8) is 0 Å². The maximum Gasteiger partial charge on any atom is 0.164 e. The molecule has 4 aromatic rings. The minimum Gasteiger partial charge on any atom is -0.390 e. The number of hydrogen-bond donors (Lipinski definition) is 2. The van der Waals surface area contributed by atoms with Gasteiger partial charge in [0.2, 0.25) is 0 Å². The van der Waals surface area contributed by atoms with Crippen LogP contribution >= 0.6 is 0 Å². The summed E-state index contributed by atoms with van der Waals surface area (Å²) in [5.41, 5.74) is 14.1. The molecule has 2 atom stereocenters. The van der Waals surface area contributed by atoms with E-state index < -0.39 is 5.60 Å². The number of allylic oxidation sites excluding steroid dienone is 2. The summed E-state index contributed by atoms with van der Waals surface area (Å²) in [5, 5.41) is 16.3. The summed E-state index contributed by atoms with van der Waals surface area (Å²) in [7, 11) is 0. The molecular weight excluding hydrogens is 484 g/mol. The van der Waals surface area contributed by atoms with Crippen LogP contribution in [0, 0.1) is 5.92 Å². The van der Waals surface area contributed by atoms with E-state index in [0.29, 0.717) is 18.8 Å². The van der Waals surface area contributed by atoms with Crippen molar-refractivity contribution in [2.24, 2.45) is 16.6 Å². The first-order chi connectivity index (χ1) is 18.8. The number of nitrogens with zero attached hydrogens (tertiary/aromatic N) is 5. The highest BCUT2D eigenvalue weighted by atomic mass is 16.3. The van der Waals surface area contributed by atoms with Crippen molar-refractivity contribution < 1.29 is 5.11 Å². The molecule has 1 aliphatic heterocycles. The summed E-state index contributed by atoms with van der Waals surface area (Å²) in [6, 6.07) is 14.8. The molecule has 7 rings (SSSR count). The van der Waals surface area contributed by atoms with Crippen molar-refractivity contribution in [2.75, 3.05) is 6.54 Å². The first kappa shape index (κ1) is 24.4. The number of aliphatic hydroxyl groups is 1. The van der Waals surface area contributed by atoms with Gasteiger partial charge >= 0.3 is 0 Å². The van der Waals surface area contributed by atoms with Gasteiger partial charge in [0.25, 0.3) is 0 Å². The molecule has 3 N–H and O–H groups in total. The van der Waals surface area contributed by atoms with Gasteiger partial charge < -0.3 is 10.8 Å². The van der Waals surface area contributed by atoms with Crippen LogP contribution in [0.1, 0.15) is 63.3 Å². The van der Waals surface area contributed by atoms with E-state index in [1.54, 1.807) is 0 Å². The van der Waals surface area contributed by atoms with Crippen molar-refractivity contribution in [3.05, 3.63) is 77.8 Å². The van der Waals surface area contributed by atoms with Gasteiger partial charge in [-0.3, -0.25) is 4.99 Å². The number of pyridine rings is 1. The smallest absolute Gasteiger partial charge is 0.164 e. The molecule has 0 spiro atoms. The lowest BCUT2D eigenvalue weighted by Crippen LogP contribution is -2.62. The average molecular weight is 519 g/mol. The van der Waals surface area contributed by atoms with Crippen LogP contribution in [-0.2, 0) is 0 Å². The fourth-order valence-corrected chi connectivity index (χ4v) is 6.94. The lowest BCUT2D eigenvalue weighted by molar-refractivity contribution is -0.0598. The van der Waals surface area contributed by atoms with Gasteiger partial charge in [-0.25, -0.2) is 9.97 Å². The molecule has 1 fully saturated rings. The van der Waals surface area contributed by atoms with Gasteiger partial charge in [-0.05, 0) is 68.2 Å². The summed E-state index contributed by atoms with van der Waals surface area (Å²) in [5.74, 6) is 0.605. The zero-order valence-corrected chi connectivity index (χ0v) is 22.5. The average Bonchev–Trinajstić information content (AvgIpc) is 3.37. The van der Waals surface area contributed by atoms with E-state index in [0.717, 1.165) is 65.0 Å². The van der Waals surface area contributed by atoms with Crippen LogP contribution in [0.3, 0.4) is 0 Å². The van der Waals surface area contributed by atoms with E-state index in [2.05, 4.69) is 48.3 Å². The molecule has 0 amide bonds. The number of aromatic nitrogens is 4. The Kier molecular flexibility index (Phi) is 5.58. The molecule has 7 nitrogen and oxygen atoms in total. The molecule has 0 radical (unpaired) electrons. The molecule has 7 heteroatoms. The quantitative estimate of drug-likeness (QED) is 0.348. The number of dihydropyridines is 1. The van der Waals surface area contributed by atoms with E-state index in [4.69, 9.17) is 20.8 Å². The maximum atomic E-state index is 10.4. The Labute approximate surface area is 228 Å². The number of rotatable bonds is 4. The summed E-state index contributed by atoms with van der Waals surface area (Å²) in [6.07, 6.45) is 12.1. The highest BCUT2D eigenvalue weighted by Crippen LogP contribution is 2.50. The van der Waals surface area contributed by atoms with Crippen LogP contribution in [0.25, 0.3) is 33.4 Å². The Balaban J connectivity index is 1.35. The van der Waals surface area contributed by atoms with Crippen LogP contribution in [-0.4, -0.2) is 48.6 Å². The highest BCUT2D eigenvalue weighted by Gasteiger charge is 2.51. The number of hydrogen-bond acceptors (Lipinski definition) is 6. The van der Waals surface area contributed by atoms with Gasteiger partial charge in [-0.2, -0.15) is 9.61 Å². The van der Waals surface area contributed by atoms with Gasteiger partial charge in [0.15, 0.2) is 11.3 Å². The standard InChI is InChI=1S/C32H34N6O/c1-20-14-24(32(33)18-31(2,39)19-32)8-9-25(20)29-26(21-6-4-3-5-7-21)15-23-17-35-28-16-27(22-10-12-34-13-11-22)37-38(28)30(23)36-29/h3-8,10,12,15-17,20,25,39H,9,11,13-14,18-19,33H2,1-2H3. The normalized spacial score (nSPS) is 28.8. The van der Waals surface area contributed by atoms with Crippen LogP contribution in [0.2, 0.25) is 0 Å². The molecule has 3 aliphatic rings. The summed E-state index contributed by atoms with van der Waals surface area (Å²) < 4.78 is 1.90. The summed E-state index contributed by atoms with van der Waals surface area (Å²) >= 11 is 0. The lowest BCUT2D eigenvalue weighted by atomic mass is 9.59. The van der Waals surface area contributed by atoms with Crippen molar-refractivity contribution >= 4 is 28.5 Å². The van der Waals surface area contributed by atoms with Crippen LogP contribution in [0.4, 0.5) is 0 Å². The predicted octanol–water partition coefficient (Wildman–Crippen LogP) is 5.48. The molecule has 2 aliphatic carbocycles. The van der Waals surface area contributed by atoms with Crippen molar-refractivity contribution in [3.8, 4) is 11.1 Å². The van der Waals surface area contributed by atoms with Gasteiger partial charge in [0.05, 0.1) is 17.0 Å². The third-order valence-electron chi connectivity index (χ3n) is 8.82. The second kappa shape index (κ2) is 8.93. The van der Waals surface area contributed by atoms with Crippen LogP contribution in [0.15, 0.2) is 71.4 Å². The van der Waals surface area contributed by atoms with Gasteiger partial charge in [0.1, 0.15) is 0 Å². The minimum absolute atomic E-state index is 0.244. The molecule has 39 heavy (non-hydrogen) atoms. The van der Waals surface area contributed by atoms with Crippen molar-refractivity contribution in [1.82, 2.24) is 19.6 Å². The van der Waals surface area contributed by atoms with Crippen LogP contribution in [0.5, 0.6) is 0 Å². The van der Waals surface area contributed by atoms with Crippen LogP contribution < -0.4 is 5.73 Å². The molecule has 2 unspecified atom stereocenters. The monoisotopic (exact) mass is 518 g/mol. The highest BCUT2D eigenvalue weighted by molar-refractivity contribution is 5.87. The number of benzene rings is 1. The Bertz CT molecular complexity index is 1670. The Morgan fingerprint density at radius 1 is 1.13 bits per heavy atom. The van der Waals surface area contributed by atoms with Crippen molar-refractivity contribution in [2.45, 2.75) is 63.0 Å². The van der Waals surface area contributed by atoms with Gasteiger partial charge in [-0.15, -0.1) is 0 Å². The third-order valence-corrected chi connectivity index (χ3v) is 8.82. The molecule has 3 aromatic heterocycles. The number of fused-ring (bicyclic) bond motifs is 3.